The molecule has 0 N–H and O–H groups in total. The number of ether oxygens (including phenoxy) is 3. The molecule has 0 aromatic heterocycles. The number of hydrogen-bond donors (Lipinski definition) is 0. The topological polar surface area (TPSA) is 78.9 Å². The van der Waals surface area contributed by atoms with Crippen molar-refractivity contribution in [2.75, 3.05) is 13.2 Å². The minimum absolute atomic E-state index is 0.0951. The summed E-state index contributed by atoms with van der Waals surface area (Å²) < 4.78 is 16.8. The highest BCUT2D eigenvalue weighted by Crippen LogP contribution is 2.17. The van der Waals surface area contributed by atoms with E-state index in [1.165, 1.54) is 135 Å². The van der Waals surface area contributed by atoms with Crippen LogP contribution in [0.4, 0.5) is 0 Å². The maximum Gasteiger partial charge on any atom is 0.306 e. The zero-order valence-corrected chi connectivity index (χ0v) is 52.8. The van der Waals surface area contributed by atoms with Gasteiger partial charge in [0, 0.05) is 19.3 Å². The lowest BCUT2D eigenvalue weighted by Crippen LogP contribution is -2.30. The van der Waals surface area contributed by atoms with Crippen LogP contribution >= 0.6 is 0 Å². The maximum absolute atomic E-state index is 12.8. The second-order valence-electron chi connectivity index (χ2n) is 22.0. The van der Waals surface area contributed by atoms with Crippen LogP contribution in [0.15, 0.2) is 134 Å². The van der Waals surface area contributed by atoms with Crippen molar-refractivity contribution in [3.8, 4) is 0 Å². The average molecular weight is 1120 g/mol. The maximum atomic E-state index is 12.8. The Morgan fingerprint density at radius 1 is 0.259 bits per heavy atom. The highest BCUT2D eigenvalue weighted by atomic mass is 16.6. The molecule has 0 aromatic rings. The summed E-state index contributed by atoms with van der Waals surface area (Å²) in [6.45, 7) is 6.35. The molecule has 0 saturated carbocycles. The van der Waals surface area contributed by atoms with Crippen molar-refractivity contribution in [2.24, 2.45) is 0 Å². The summed E-state index contributed by atoms with van der Waals surface area (Å²) in [5.74, 6) is -0.940. The van der Waals surface area contributed by atoms with Gasteiger partial charge in [-0.25, -0.2) is 0 Å². The van der Waals surface area contributed by atoms with Crippen LogP contribution in [0.2, 0.25) is 0 Å². The second kappa shape index (κ2) is 68.1. The van der Waals surface area contributed by atoms with Crippen molar-refractivity contribution in [3.05, 3.63) is 134 Å². The summed E-state index contributed by atoms with van der Waals surface area (Å²) in [7, 11) is 0. The summed E-state index contributed by atoms with van der Waals surface area (Å²) >= 11 is 0. The van der Waals surface area contributed by atoms with Gasteiger partial charge in [-0.2, -0.15) is 0 Å². The Balaban J connectivity index is 4.08. The van der Waals surface area contributed by atoms with Crippen LogP contribution in [0.3, 0.4) is 0 Å². The molecule has 81 heavy (non-hydrogen) atoms. The van der Waals surface area contributed by atoms with Gasteiger partial charge in [-0.3, -0.25) is 14.4 Å². The summed E-state index contributed by atoms with van der Waals surface area (Å²) in [5.41, 5.74) is 0. The summed E-state index contributed by atoms with van der Waals surface area (Å²) in [6, 6.07) is 0. The third kappa shape index (κ3) is 66.2. The van der Waals surface area contributed by atoms with Crippen LogP contribution in [0, 0.1) is 0 Å². The van der Waals surface area contributed by atoms with Crippen molar-refractivity contribution in [3.63, 3.8) is 0 Å². The predicted octanol–water partition coefficient (Wildman–Crippen LogP) is 23.3. The highest BCUT2D eigenvalue weighted by molar-refractivity contribution is 5.71. The molecule has 6 nitrogen and oxygen atoms in total. The van der Waals surface area contributed by atoms with Gasteiger partial charge in [-0.05, 0) is 116 Å². The number of carbonyl (C=O) groups excluding carboxylic acids is 3. The molecular weight excluding hydrogens is 997 g/mol. The number of unbranched alkanes of at least 4 members (excludes halogenated alkanes) is 27. The van der Waals surface area contributed by atoms with E-state index in [1.807, 2.05) is 0 Å². The van der Waals surface area contributed by atoms with E-state index < -0.39 is 6.10 Å². The molecular formula is C75H124O6. The van der Waals surface area contributed by atoms with Gasteiger partial charge < -0.3 is 14.2 Å². The number of rotatable bonds is 60. The number of allylic oxidation sites excluding steroid dienone is 22. The van der Waals surface area contributed by atoms with Crippen molar-refractivity contribution in [2.45, 2.75) is 309 Å². The molecule has 0 heterocycles. The Labute approximate surface area is 500 Å². The fraction of sp³-hybridized carbons (Fsp3) is 0.667. The molecule has 0 bridgehead atoms. The van der Waals surface area contributed by atoms with Crippen molar-refractivity contribution >= 4 is 17.9 Å². The summed E-state index contributed by atoms with van der Waals surface area (Å²) in [5, 5.41) is 0. The molecule has 0 aliphatic heterocycles. The van der Waals surface area contributed by atoms with Crippen molar-refractivity contribution in [1.29, 1.82) is 0 Å². The van der Waals surface area contributed by atoms with Crippen molar-refractivity contribution in [1.82, 2.24) is 0 Å². The fourth-order valence-corrected chi connectivity index (χ4v) is 9.18. The first-order valence-electron chi connectivity index (χ1n) is 33.7. The zero-order valence-electron chi connectivity index (χ0n) is 52.8. The first-order valence-corrected chi connectivity index (χ1v) is 33.7. The van der Waals surface area contributed by atoms with E-state index in [1.54, 1.807) is 0 Å². The Morgan fingerprint density at radius 3 is 0.778 bits per heavy atom. The normalized spacial score (nSPS) is 13.0. The van der Waals surface area contributed by atoms with E-state index in [2.05, 4.69) is 154 Å². The SMILES string of the molecule is CC/C=C\C/C=C\C/C=C\C/C=C\C/C=C\C/C=C\CCCCC(=O)OC(COC(=O)CCCCCCCCC)COC(=O)CCCCCCCCCCCCCCCCCCCCC/C=C\C/C=C\C/C=C\C/C=C\C/C=C\CC. The van der Waals surface area contributed by atoms with Gasteiger partial charge in [0.2, 0.25) is 0 Å². The number of hydrogen-bond acceptors (Lipinski definition) is 6. The van der Waals surface area contributed by atoms with Gasteiger partial charge in [0.05, 0.1) is 0 Å². The Bertz CT molecular complexity index is 1720. The number of carbonyl (C=O) groups is 3. The Hall–Kier alpha value is -4.45. The van der Waals surface area contributed by atoms with Gasteiger partial charge >= 0.3 is 17.9 Å². The van der Waals surface area contributed by atoms with Gasteiger partial charge in [0.25, 0.3) is 0 Å². The highest BCUT2D eigenvalue weighted by Gasteiger charge is 2.19. The molecule has 0 saturated heterocycles. The van der Waals surface area contributed by atoms with E-state index in [0.717, 1.165) is 122 Å². The van der Waals surface area contributed by atoms with Crippen LogP contribution in [0.1, 0.15) is 303 Å². The minimum Gasteiger partial charge on any atom is -0.462 e. The monoisotopic (exact) mass is 1120 g/mol. The first kappa shape index (κ1) is 76.5. The Morgan fingerprint density at radius 2 is 0.481 bits per heavy atom. The van der Waals surface area contributed by atoms with E-state index >= 15 is 0 Å². The van der Waals surface area contributed by atoms with Gasteiger partial charge in [-0.15, -0.1) is 0 Å². The molecule has 0 amide bonds. The van der Waals surface area contributed by atoms with Gasteiger partial charge in [-0.1, -0.05) is 302 Å². The van der Waals surface area contributed by atoms with Crippen LogP contribution in [0.25, 0.3) is 0 Å². The lowest BCUT2D eigenvalue weighted by atomic mass is 10.0. The molecule has 6 heteroatoms. The van der Waals surface area contributed by atoms with E-state index in [9.17, 15) is 14.4 Å². The zero-order chi connectivity index (χ0) is 58.5. The molecule has 0 spiro atoms. The molecule has 460 valence electrons. The minimum atomic E-state index is -0.801. The molecule has 1 atom stereocenters. The summed E-state index contributed by atoms with van der Waals surface area (Å²) in [4.78, 5) is 38.1. The van der Waals surface area contributed by atoms with E-state index in [0.29, 0.717) is 19.3 Å². The second-order valence-corrected chi connectivity index (χ2v) is 22.0. The average Bonchev–Trinajstić information content (AvgIpc) is 3.47. The molecule has 1 unspecified atom stereocenters. The standard InChI is InChI=1S/C75H124O6/c1-4-7-10-13-16-18-20-22-24-26-28-30-31-32-33-34-35-36-37-38-39-40-41-42-43-45-46-48-50-52-54-56-59-62-65-68-74(77)80-71-72(70-79-73(76)67-64-61-58-15-12-9-6-3)81-75(78)69-66-63-60-57-55-53-51-49-47-44-29-27-25-23-21-19-17-14-11-8-5-2/h7-8,10-11,16-19,22-25,28-30,32-33,44,49,51,55,57,72H,4-6,9,12-15,20-21,26-27,31,34-43,45-48,50,52-54,56,58-71H2,1-3H3/b10-7-,11-8-,18-16-,19-17-,24-22-,25-23-,30-28-,33-32-,44-29-,51-49-,57-55-. The largest absolute Gasteiger partial charge is 0.462 e. The third-order valence-electron chi connectivity index (χ3n) is 14.2. The van der Waals surface area contributed by atoms with Crippen LogP contribution < -0.4 is 0 Å². The Kier molecular flexibility index (Phi) is 64.3. The van der Waals surface area contributed by atoms with Gasteiger partial charge in [0.1, 0.15) is 13.2 Å². The lowest BCUT2D eigenvalue weighted by Gasteiger charge is -2.18. The smallest absolute Gasteiger partial charge is 0.306 e. The molecule has 0 aliphatic carbocycles. The number of esters is 3. The third-order valence-corrected chi connectivity index (χ3v) is 14.2. The molecule has 0 radical (unpaired) electrons. The lowest BCUT2D eigenvalue weighted by molar-refractivity contribution is -0.167. The van der Waals surface area contributed by atoms with Crippen LogP contribution in [-0.4, -0.2) is 37.2 Å². The molecule has 0 aromatic carbocycles. The summed E-state index contributed by atoms with van der Waals surface area (Å²) in [6.07, 6.45) is 96.5. The van der Waals surface area contributed by atoms with Crippen LogP contribution in [-0.2, 0) is 28.6 Å². The molecule has 0 aliphatic rings. The van der Waals surface area contributed by atoms with E-state index in [4.69, 9.17) is 14.2 Å². The van der Waals surface area contributed by atoms with Gasteiger partial charge in [0.15, 0.2) is 6.10 Å². The fourth-order valence-electron chi connectivity index (χ4n) is 9.18. The molecule has 0 rings (SSSR count). The molecule has 0 fully saturated rings. The quantitative estimate of drug-likeness (QED) is 0.0261. The van der Waals surface area contributed by atoms with Crippen LogP contribution in [0.5, 0.6) is 0 Å². The van der Waals surface area contributed by atoms with Crippen molar-refractivity contribution < 1.29 is 28.6 Å². The van der Waals surface area contributed by atoms with E-state index in [-0.39, 0.29) is 37.5 Å². The predicted molar refractivity (Wildman–Crippen MR) is 353 cm³/mol. The first-order chi connectivity index (χ1) is 40.0.